The van der Waals surface area contributed by atoms with Crippen LogP contribution in [0.1, 0.15) is 28.8 Å². The molecule has 1 fully saturated rings. The maximum Gasteiger partial charge on any atom is 0.255 e. The number of pyridine rings is 1. The average Bonchev–Trinajstić information content (AvgIpc) is 2.69. The lowest BCUT2D eigenvalue weighted by Gasteiger charge is -2.30. The molecule has 0 radical (unpaired) electrons. The molecule has 2 aromatic rings. The minimum absolute atomic E-state index is 0.108. The smallest absolute Gasteiger partial charge is 0.255 e. The third-order valence-corrected chi connectivity index (χ3v) is 6.05. The molecule has 7 nitrogen and oxygen atoms in total. The highest BCUT2D eigenvalue weighted by atomic mass is 32.2. The number of carbonyl (C=O) groups is 1. The van der Waals surface area contributed by atoms with Gasteiger partial charge in [0.25, 0.3) is 5.91 Å². The van der Waals surface area contributed by atoms with Gasteiger partial charge in [0.05, 0.1) is 11.8 Å². The van der Waals surface area contributed by atoms with Gasteiger partial charge in [-0.05, 0) is 49.1 Å². The number of carbonyl (C=O) groups excluding carboxylic acids is 1. The van der Waals surface area contributed by atoms with Gasteiger partial charge in [0, 0.05) is 32.0 Å². The van der Waals surface area contributed by atoms with Crippen LogP contribution < -0.4 is 10.1 Å². The summed E-state index contributed by atoms with van der Waals surface area (Å²) in [5.74, 6) is 0.347. The zero-order valence-corrected chi connectivity index (χ0v) is 16.7. The summed E-state index contributed by atoms with van der Waals surface area (Å²) < 4.78 is 30.8. The Hall–Kier alpha value is -2.45. The fraction of sp³-hybridized carbons (Fsp3) is 0.400. The lowest BCUT2D eigenvalue weighted by atomic mass is 10.1. The van der Waals surface area contributed by atoms with E-state index in [0.717, 1.165) is 12.0 Å². The quantitative estimate of drug-likeness (QED) is 0.762. The first kappa shape index (κ1) is 20.3. The summed E-state index contributed by atoms with van der Waals surface area (Å²) in [6.45, 7) is 1.39. The first-order valence-electron chi connectivity index (χ1n) is 9.31. The van der Waals surface area contributed by atoms with Crippen molar-refractivity contribution in [1.82, 2.24) is 14.6 Å². The predicted molar refractivity (Wildman–Crippen MR) is 107 cm³/mol. The fourth-order valence-corrected chi connectivity index (χ4v) is 4.06. The minimum atomic E-state index is -3.17. The standard InChI is InChI=1S/C20H25N3O4S/c1-28(25,26)23-14-9-17(10-15-23)27-19-5-3-2-4-18(19)20(24)22-13-8-16-6-11-21-12-7-16/h2-7,11-12,17H,8-10,13-15H2,1H3,(H,22,24). The lowest BCUT2D eigenvalue weighted by molar-refractivity contribution is 0.0939. The molecule has 1 N–H and O–H groups in total. The van der Waals surface area contributed by atoms with E-state index < -0.39 is 10.0 Å². The van der Waals surface area contributed by atoms with Gasteiger partial charge in [0.2, 0.25) is 10.0 Å². The number of hydrogen-bond donors (Lipinski definition) is 1. The Bertz CT molecular complexity index is 895. The second-order valence-electron chi connectivity index (χ2n) is 6.84. The van der Waals surface area contributed by atoms with Gasteiger partial charge in [0.1, 0.15) is 11.9 Å². The minimum Gasteiger partial charge on any atom is -0.489 e. The summed E-state index contributed by atoms with van der Waals surface area (Å²) in [6.07, 6.45) is 6.51. The number of ether oxygens (including phenoxy) is 1. The number of sulfonamides is 1. The van der Waals surface area contributed by atoms with Crippen LogP contribution in [0.5, 0.6) is 5.75 Å². The molecule has 8 heteroatoms. The summed E-state index contributed by atoms with van der Waals surface area (Å²) in [5.41, 5.74) is 1.60. The van der Waals surface area contributed by atoms with E-state index >= 15 is 0 Å². The van der Waals surface area contributed by atoms with Crippen LogP contribution in [0.25, 0.3) is 0 Å². The van der Waals surface area contributed by atoms with Crippen molar-refractivity contribution in [3.05, 3.63) is 59.9 Å². The fourth-order valence-electron chi connectivity index (χ4n) is 3.18. The number of aromatic nitrogens is 1. The molecule has 1 aliphatic heterocycles. The van der Waals surface area contributed by atoms with E-state index in [4.69, 9.17) is 4.74 Å². The Morgan fingerprint density at radius 2 is 1.86 bits per heavy atom. The van der Waals surface area contributed by atoms with Gasteiger partial charge in [-0.15, -0.1) is 0 Å². The van der Waals surface area contributed by atoms with Crippen molar-refractivity contribution in [3.8, 4) is 5.75 Å². The number of piperidine rings is 1. The van der Waals surface area contributed by atoms with E-state index in [1.165, 1.54) is 10.6 Å². The zero-order chi connectivity index (χ0) is 20.0. The zero-order valence-electron chi connectivity index (χ0n) is 15.9. The van der Waals surface area contributed by atoms with E-state index in [1.807, 2.05) is 18.2 Å². The summed E-state index contributed by atoms with van der Waals surface area (Å²) in [6, 6.07) is 11.0. The number of amides is 1. The number of nitrogens with one attached hydrogen (secondary N) is 1. The van der Waals surface area contributed by atoms with Crippen molar-refractivity contribution in [1.29, 1.82) is 0 Å². The monoisotopic (exact) mass is 403 g/mol. The molecule has 0 spiro atoms. The molecule has 1 aromatic carbocycles. The Balaban J connectivity index is 1.56. The molecule has 3 rings (SSSR count). The van der Waals surface area contributed by atoms with Crippen LogP contribution in [0.3, 0.4) is 0 Å². The molecule has 28 heavy (non-hydrogen) atoms. The third-order valence-electron chi connectivity index (χ3n) is 4.74. The van der Waals surface area contributed by atoms with Crippen LogP contribution in [-0.2, 0) is 16.4 Å². The lowest BCUT2D eigenvalue weighted by Crippen LogP contribution is -2.41. The van der Waals surface area contributed by atoms with Gasteiger partial charge < -0.3 is 10.1 Å². The topological polar surface area (TPSA) is 88.6 Å². The third kappa shape index (κ3) is 5.53. The molecule has 1 aliphatic rings. The van der Waals surface area contributed by atoms with E-state index in [0.29, 0.717) is 43.8 Å². The van der Waals surface area contributed by atoms with Crippen LogP contribution in [0.15, 0.2) is 48.8 Å². The molecule has 0 unspecified atom stereocenters. The molecule has 150 valence electrons. The largest absolute Gasteiger partial charge is 0.489 e. The molecule has 1 saturated heterocycles. The summed E-state index contributed by atoms with van der Waals surface area (Å²) in [7, 11) is -3.17. The van der Waals surface area contributed by atoms with E-state index in [1.54, 1.807) is 30.6 Å². The van der Waals surface area contributed by atoms with Gasteiger partial charge in [0.15, 0.2) is 0 Å². The highest BCUT2D eigenvalue weighted by Gasteiger charge is 2.26. The van der Waals surface area contributed by atoms with Crippen LogP contribution in [-0.4, -0.2) is 55.6 Å². The van der Waals surface area contributed by atoms with Crippen LogP contribution in [0.4, 0.5) is 0 Å². The molecule has 0 atom stereocenters. The van der Waals surface area contributed by atoms with Gasteiger partial charge in [-0.3, -0.25) is 9.78 Å². The first-order valence-corrected chi connectivity index (χ1v) is 11.2. The summed E-state index contributed by atoms with van der Waals surface area (Å²) in [5, 5.41) is 2.93. The van der Waals surface area contributed by atoms with E-state index in [-0.39, 0.29) is 12.0 Å². The molecule has 2 heterocycles. The Morgan fingerprint density at radius 1 is 1.18 bits per heavy atom. The Morgan fingerprint density at radius 3 is 2.54 bits per heavy atom. The van der Waals surface area contributed by atoms with Gasteiger partial charge in [-0.2, -0.15) is 0 Å². The normalized spacial score (nSPS) is 15.9. The van der Waals surface area contributed by atoms with E-state index in [9.17, 15) is 13.2 Å². The van der Waals surface area contributed by atoms with Crippen LogP contribution >= 0.6 is 0 Å². The number of hydrogen-bond acceptors (Lipinski definition) is 5. The van der Waals surface area contributed by atoms with Gasteiger partial charge >= 0.3 is 0 Å². The molecular formula is C20H25N3O4S. The molecule has 1 aromatic heterocycles. The summed E-state index contributed by atoms with van der Waals surface area (Å²) >= 11 is 0. The second kappa shape index (κ2) is 9.16. The van der Waals surface area contributed by atoms with Crippen molar-refractivity contribution < 1.29 is 17.9 Å². The number of para-hydroxylation sites is 1. The average molecular weight is 404 g/mol. The Kier molecular flexibility index (Phi) is 6.64. The molecular weight excluding hydrogens is 378 g/mol. The molecule has 0 bridgehead atoms. The molecule has 0 aliphatic carbocycles. The van der Waals surface area contributed by atoms with Crippen molar-refractivity contribution in [3.63, 3.8) is 0 Å². The highest BCUT2D eigenvalue weighted by Crippen LogP contribution is 2.24. The van der Waals surface area contributed by atoms with E-state index in [2.05, 4.69) is 10.3 Å². The molecule has 1 amide bonds. The highest BCUT2D eigenvalue weighted by molar-refractivity contribution is 7.88. The van der Waals surface area contributed by atoms with Crippen molar-refractivity contribution >= 4 is 15.9 Å². The molecule has 0 saturated carbocycles. The first-order chi connectivity index (χ1) is 13.4. The summed E-state index contributed by atoms with van der Waals surface area (Å²) in [4.78, 5) is 16.6. The van der Waals surface area contributed by atoms with Crippen LogP contribution in [0, 0.1) is 0 Å². The van der Waals surface area contributed by atoms with Crippen molar-refractivity contribution in [2.75, 3.05) is 25.9 Å². The maximum atomic E-state index is 12.6. The SMILES string of the molecule is CS(=O)(=O)N1CCC(Oc2ccccc2C(=O)NCCc2ccncc2)CC1. The number of benzene rings is 1. The van der Waals surface area contributed by atoms with Gasteiger partial charge in [-0.25, -0.2) is 12.7 Å². The van der Waals surface area contributed by atoms with Crippen LogP contribution in [0.2, 0.25) is 0 Å². The Labute approximate surface area is 165 Å². The predicted octanol–water partition coefficient (Wildman–Crippen LogP) is 1.86. The number of nitrogens with zero attached hydrogens (tertiary/aromatic N) is 2. The maximum absolute atomic E-state index is 12.6. The van der Waals surface area contributed by atoms with Crippen molar-refractivity contribution in [2.24, 2.45) is 0 Å². The van der Waals surface area contributed by atoms with Gasteiger partial charge in [-0.1, -0.05) is 12.1 Å². The number of rotatable bonds is 7. The second-order valence-corrected chi connectivity index (χ2v) is 8.82. The van der Waals surface area contributed by atoms with Crippen molar-refractivity contribution in [2.45, 2.75) is 25.4 Å².